The average Bonchev–Trinajstić information content (AvgIpc) is 2.59. The fraction of sp³-hybridized carbons (Fsp3) is 0.500. The molecule has 3 amide bonds. The van der Waals surface area contributed by atoms with Crippen LogP contribution in [0.5, 0.6) is 0 Å². The standard InChI is InChI=1S/C16H23N3O3/c20-12-13-5-4-10-19(11-13)16(22)18-9-8-17-15(21)14-6-2-1-3-7-14/h1-3,6-7,13,20H,4-5,8-12H2,(H,17,21)(H,18,22). The monoisotopic (exact) mass is 305 g/mol. The highest BCUT2D eigenvalue weighted by Gasteiger charge is 2.22. The van der Waals surface area contributed by atoms with Crippen molar-refractivity contribution in [1.29, 1.82) is 0 Å². The highest BCUT2D eigenvalue weighted by Crippen LogP contribution is 2.15. The molecular weight excluding hydrogens is 282 g/mol. The van der Waals surface area contributed by atoms with Gasteiger partial charge in [0.05, 0.1) is 0 Å². The van der Waals surface area contributed by atoms with Crippen LogP contribution in [0.25, 0.3) is 0 Å². The van der Waals surface area contributed by atoms with E-state index in [9.17, 15) is 9.59 Å². The van der Waals surface area contributed by atoms with Gasteiger partial charge in [-0.2, -0.15) is 0 Å². The Labute approximate surface area is 130 Å². The molecule has 0 spiro atoms. The quantitative estimate of drug-likeness (QED) is 0.705. The molecule has 1 aliphatic rings. The molecule has 1 fully saturated rings. The molecule has 22 heavy (non-hydrogen) atoms. The van der Waals surface area contributed by atoms with Gasteiger partial charge >= 0.3 is 6.03 Å². The topological polar surface area (TPSA) is 81.7 Å². The van der Waals surface area contributed by atoms with Crippen LogP contribution in [0.3, 0.4) is 0 Å². The number of rotatable bonds is 5. The molecule has 0 bridgehead atoms. The maximum atomic E-state index is 12.0. The maximum absolute atomic E-state index is 12.0. The van der Waals surface area contributed by atoms with E-state index in [4.69, 9.17) is 5.11 Å². The Balaban J connectivity index is 1.66. The molecule has 1 aliphatic heterocycles. The molecule has 6 nitrogen and oxygen atoms in total. The molecule has 6 heteroatoms. The Morgan fingerprint density at radius 2 is 1.91 bits per heavy atom. The second kappa shape index (κ2) is 8.38. The van der Waals surface area contributed by atoms with E-state index in [-0.39, 0.29) is 24.5 Å². The van der Waals surface area contributed by atoms with Crippen LogP contribution in [0.15, 0.2) is 30.3 Å². The lowest BCUT2D eigenvalue weighted by Crippen LogP contribution is -2.47. The molecule has 1 unspecified atom stereocenters. The van der Waals surface area contributed by atoms with E-state index in [0.29, 0.717) is 25.2 Å². The minimum absolute atomic E-state index is 0.122. The lowest BCUT2D eigenvalue weighted by molar-refractivity contribution is 0.0952. The van der Waals surface area contributed by atoms with Gasteiger partial charge in [-0.15, -0.1) is 0 Å². The maximum Gasteiger partial charge on any atom is 0.317 e. The first-order valence-corrected chi connectivity index (χ1v) is 7.67. The number of likely N-dealkylation sites (tertiary alicyclic amines) is 1. The normalized spacial score (nSPS) is 17.9. The van der Waals surface area contributed by atoms with Crippen LogP contribution >= 0.6 is 0 Å². The number of benzene rings is 1. The molecule has 0 aromatic heterocycles. The number of piperidine rings is 1. The van der Waals surface area contributed by atoms with Gasteiger partial charge in [0.15, 0.2) is 0 Å². The van der Waals surface area contributed by atoms with E-state index in [1.165, 1.54) is 0 Å². The summed E-state index contributed by atoms with van der Waals surface area (Å²) in [5.41, 5.74) is 0.607. The summed E-state index contributed by atoms with van der Waals surface area (Å²) in [6.45, 7) is 2.21. The smallest absolute Gasteiger partial charge is 0.317 e. The first-order chi connectivity index (χ1) is 10.7. The number of aliphatic hydroxyl groups is 1. The number of carbonyl (C=O) groups is 2. The van der Waals surface area contributed by atoms with Crippen molar-refractivity contribution in [2.75, 3.05) is 32.8 Å². The average molecular weight is 305 g/mol. The number of amides is 3. The number of aliphatic hydroxyl groups excluding tert-OH is 1. The van der Waals surface area contributed by atoms with Crippen LogP contribution in [-0.4, -0.2) is 54.7 Å². The number of carbonyl (C=O) groups excluding carboxylic acids is 2. The highest BCUT2D eigenvalue weighted by atomic mass is 16.3. The van der Waals surface area contributed by atoms with Crippen molar-refractivity contribution >= 4 is 11.9 Å². The van der Waals surface area contributed by atoms with Crippen LogP contribution in [0.4, 0.5) is 4.79 Å². The minimum atomic E-state index is -0.145. The zero-order valence-corrected chi connectivity index (χ0v) is 12.6. The molecule has 120 valence electrons. The number of nitrogens with one attached hydrogen (secondary N) is 2. The van der Waals surface area contributed by atoms with Gasteiger partial charge < -0.3 is 20.6 Å². The molecular formula is C16H23N3O3. The van der Waals surface area contributed by atoms with Crippen molar-refractivity contribution in [3.8, 4) is 0 Å². The van der Waals surface area contributed by atoms with Crippen molar-refractivity contribution in [2.24, 2.45) is 5.92 Å². The summed E-state index contributed by atoms with van der Waals surface area (Å²) in [5, 5.41) is 14.7. The summed E-state index contributed by atoms with van der Waals surface area (Å²) in [4.78, 5) is 25.5. The Kier molecular flexibility index (Phi) is 6.21. The third-order valence-corrected chi connectivity index (χ3v) is 3.79. The van der Waals surface area contributed by atoms with E-state index < -0.39 is 0 Å². The summed E-state index contributed by atoms with van der Waals surface area (Å²) in [6, 6.07) is 8.84. The van der Waals surface area contributed by atoms with Gasteiger partial charge in [-0.05, 0) is 30.9 Å². The van der Waals surface area contributed by atoms with Crippen LogP contribution in [0.1, 0.15) is 23.2 Å². The zero-order chi connectivity index (χ0) is 15.8. The Bertz CT molecular complexity index is 493. The van der Waals surface area contributed by atoms with Gasteiger partial charge in [-0.25, -0.2) is 4.79 Å². The SMILES string of the molecule is O=C(NCCNC(=O)N1CCCC(CO)C1)c1ccccc1. The molecule has 1 heterocycles. The van der Waals surface area contributed by atoms with Crippen LogP contribution in [0.2, 0.25) is 0 Å². The van der Waals surface area contributed by atoms with Gasteiger partial charge in [-0.1, -0.05) is 18.2 Å². The Morgan fingerprint density at radius 1 is 1.18 bits per heavy atom. The highest BCUT2D eigenvalue weighted by molar-refractivity contribution is 5.94. The zero-order valence-electron chi connectivity index (χ0n) is 12.6. The molecule has 1 saturated heterocycles. The summed E-state index contributed by atoms with van der Waals surface area (Å²) < 4.78 is 0. The van der Waals surface area contributed by atoms with Gasteiger partial charge in [0, 0.05) is 38.3 Å². The van der Waals surface area contributed by atoms with Gasteiger partial charge in [0.2, 0.25) is 0 Å². The Hall–Kier alpha value is -2.08. The van der Waals surface area contributed by atoms with Crippen LogP contribution < -0.4 is 10.6 Å². The van der Waals surface area contributed by atoms with Gasteiger partial charge in [-0.3, -0.25) is 4.79 Å². The van der Waals surface area contributed by atoms with Crippen molar-refractivity contribution < 1.29 is 14.7 Å². The molecule has 0 saturated carbocycles. The number of hydrogen-bond acceptors (Lipinski definition) is 3. The molecule has 0 aliphatic carbocycles. The summed E-state index contributed by atoms with van der Waals surface area (Å²) >= 11 is 0. The number of urea groups is 1. The first kappa shape index (κ1) is 16.3. The van der Waals surface area contributed by atoms with E-state index in [1.807, 2.05) is 18.2 Å². The van der Waals surface area contributed by atoms with Gasteiger partial charge in [0.25, 0.3) is 5.91 Å². The number of nitrogens with zero attached hydrogens (tertiary/aromatic N) is 1. The van der Waals surface area contributed by atoms with Crippen LogP contribution in [0, 0.1) is 5.92 Å². The van der Waals surface area contributed by atoms with Crippen LogP contribution in [-0.2, 0) is 0 Å². The third kappa shape index (κ3) is 4.73. The van der Waals surface area contributed by atoms with Crippen molar-refractivity contribution in [1.82, 2.24) is 15.5 Å². The molecule has 1 aromatic rings. The number of hydrogen-bond donors (Lipinski definition) is 3. The van der Waals surface area contributed by atoms with E-state index in [1.54, 1.807) is 17.0 Å². The van der Waals surface area contributed by atoms with Gasteiger partial charge in [0.1, 0.15) is 0 Å². The Morgan fingerprint density at radius 3 is 2.64 bits per heavy atom. The minimum Gasteiger partial charge on any atom is -0.396 e. The predicted octanol–water partition coefficient (Wildman–Crippen LogP) is 0.830. The fourth-order valence-corrected chi connectivity index (χ4v) is 2.55. The molecule has 3 N–H and O–H groups in total. The fourth-order valence-electron chi connectivity index (χ4n) is 2.55. The summed E-state index contributed by atoms with van der Waals surface area (Å²) in [5.74, 6) is 0.0328. The third-order valence-electron chi connectivity index (χ3n) is 3.79. The summed E-state index contributed by atoms with van der Waals surface area (Å²) in [7, 11) is 0. The molecule has 1 aromatic carbocycles. The lowest BCUT2D eigenvalue weighted by atomic mass is 9.99. The largest absolute Gasteiger partial charge is 0.396 e. The predicted molar refractivity (Wildman–Crippen MR) is 83.6 cm³/mol. The molecule has 1 atom stereocenters. The first-order valence-electron chi connectivity index (χ1n) is 7.67. The molecule has 2 rings (SSSR count). The van der Waals surface area contributed by atoms with Crippen molar-refractivity contribution in [2.45, 2.75) is 12.8 Å². The van der Waals surface area contributed by atoms with E-state index in [0.717, 1.165) is 19.4 Å². The second-order valence-electron chi connectivity index (χ2n) is 5.49. The summed E-state index contributed by atoms with van der Waals surface area (Å²) in [6.07, 6.45) is 1.89. The lowest BCUT2D eigenvalue weighted by Gasteiger charge is -2.31. The second-order valence-corrected chi connectivity index (χ2v) is 5.49. The van der Waals surface area contributed by atoms with E-state index >= 15 is 0 Å². The van der Waals surface area contributed by atoms with Crippen molar-refractivity contribution in [3.63, 3.8) is 0 Å². The van der Waals surface area contributed by atoms with Crippen molar-refractivity contribution in [3.05, 3.63) is 35.9 Å². The van der Waals surface area contributed by atoms with E-state index in [2.05, 4.69) is 10.6 Å². The molecule has 0 radical (unpaired) electrons.